The van der Waals surface area contributed by atoms with Crippen LogP contribution in [0.25, 0.3) is 0 Å². The Morgan fingerprint density at radius 3 is 2.21 bits per heavy atom. The Labute approximate surface area is 105 Å². The summed E-state index contributed by atoms with van der Waals surface area (Å²) in [5.41, 5.74) is -0.197. The molecule has 0 aliphatic carbocycles. The van der Waals surface area contributed by atoms with Gasteiger partial charge in [-0.3, -0.25) is 4.79 Å². The second-order valence-electron chi connectivity index (χ2n) is 3.63. The topological polar surface area (TPSA) is 29.1 Å². The second-order valence-corrected chi connectivity index (χ2v) is 3.63. The molecule has 0 atom stereocenters. The first-order chi connectivity index (χ1) is 8.97. The van der Waals surface area contributed by atoms with Crippen LogP contribution in [-0.4, -0.2) is 5.91 Å². The number of hydrogen-bond acceptors (Lipinski definition) is 1. The van der Waals surface area contributed by atoms with E-state index in [1.165, 1.54) is 6.07 Å². The third-order valence-corrected chi connectivity index (χ3v) is 2.28. The van der Waals surface area contributed by atoms with Crippen molar-refractivity contribution in [2.45, 2.75) is 0 Å². The lowest BCUT2D eigenvalue weighted by Crippen LogP contribution is -2.12. The van der Waals surface area contributed by atoms with E-state index in [-0.39, 0.29) is 11.3 Å². The fourth-order valence-corrected chi connectivity index (χ4v) is 1.38. The number of anilines is 1. The van der Waals surface area contributed by atoms with Crippen molar-refractivity contribution in [1.29, 1.82) is 0 Å². The number of carbonyl (C=O) groups is 1. The summed E-state index contributed by atoms with van der Waals surface area (Å²) in [5, 5.41) is 2.16. The molecule has 0 aliphatic rings. The van der Waals surface area contributed by atoms with Crippen LogP contribution in [0.2, 0.25) is 0 Å². The van der Waals surface area contributed by atoms with Crippen LogP contribution in [0.1, 0.15) is 10.4 Å². The number of hydrogen-bond donors (Lipinski definition) is 1. The van der Waals surface area contributed by atoms with Crippen molar-refractivity contribution < 1.29 is 22.4 Å². The molecule has 2 rings (SSSR count). The van der Waals surface area contributed by atoms with Crippen LogP contribution in [0, 0.1) is 29.3 Å². The van der Waals surface area contributed by atoms with Crippen LogP contribution >= 0.6 is 0 Å². The summed E-state index contributed by atoms with van der Waals surface area (Å²) in [4.78, 5) is 11.6. The lowest BCUT2D eigenvalue weighted by molar-refractivity contribution is 0.102. The molecule has 2 nitrogen and oxygen atoms in total. The molecule has 97 valence electrons. The van der Waals surface area contributed by atoms with Gasteiger partial charge in [0.25, 0.3) is 5.91 Å². The Balaban J connectivity index is 2.22. The standard InChI is InChI=1S/C13H6F4NO/c14-8-3-1-7(2-4-8)13(19)18-9-5-10(15)12(17)11(16)6-9/h1-3,5-6H,(H,18,19). The average Bonchev–Trinajstić information content (AvgIpc) is 2.36. The first-order valence-electron chi connectivity index (χ1n) is 5.10. The molecular formula is C13H6F4NO. The predicted molar refractivity (Wildman–Crippen MR) is 59.5 cm³/mol. The maximum Gasteiger partial charge on any atom is 0.255 e. The number of amides is 1. The Kier molecular flexibility index (Phi) is 3.50. The third-order valence-electron chi connectivity index (χ3n) is 2.28. The number of benzene rings is 2. The summed E-state index contributed by atoms with van der Waals surface area (Å²) >= 11 is 0. The van der Waals surface area contributed by atoms with Crippen LogP contribution < -0.4 is 5.32 Å². The molecule has 0 saturated carbocycles. The Morgan fingerprint density at radius 2 is 1.68 bits per heavy atom. The van der Waals surface area contributed by atoms with Crippen molar-refractivity contribution in [1.82, 2.24) is 0 Å². The largest absolute Gasteiger partial charge is 0.322 e. The molecule has 19 heavy (non-hydrogen) atoms. The highest BCUT2D eigenvalue weighted by molar-refractivity contribution is 6.04. The van der Waals surface area contributed by atoms with Gasteiger partial charge in [-0.1, -0.05) is 0 Å². The molecule has 6 heteroatoms. The van der Waals surface area contributed by atoms with E-state index in [0.717, 1.165) is 12.1 Å². The average molecular weight is 268 g/mol. The monoisotopic (exact) mass is 268 g/mol. The molecule has 0 spiro atoms. The molecule has 0 saturated heterocycles. The molecule has 0 heterocycles. The van der Waals surface area contributed by atoms with E-state index in [4.69, 9.17) is 0 Å². The molecule has 2 aromatic rings. The number of halogens is 4. The normalized spacial score (nSPS) is 10.3. The van der Waals surface area contributed by atoms with Gasteiger partial charge < -0.3 is 5.32 Å². The molecule has 0 aromatic heterocycles. The summed E-state index contributed by atoms with van der Waals surface area (Å²) in [6.45, 7) is 0. The van der Waals surface area contributed by atoms with Crippen LogP contribution in [0.4, 0.5) is 23.2 Å². The molecule has 1 N–H and O–H groups in total. The molecule has 1 amide bonds. The quantitative estimate of drug-likeness (QED) is 0.657. The van der Waals surface area contributed by atoms with E-state index in [1.807, 2.05) is 0 Å². The molecule has 0 fully saturated rings. The van der Waals surface area contributed by atoms with Crippen molar-refractivity contribution in [2.24, 2.45) is 0 Å². The zero-order valence-electron chi connectivity index (χ0n) is 9.31. The van der Waals surface area contributed by atoms with Gasteiger partial charge in [-0.2, -0.15) is 0 Å². The summed E-state index contributed by atoms with van der Waals surface area (Å²) in [7, 11) is 0. The summed E-state index contributed by atoms with van der Waals surface area (Å²) in [5.74, 6) is -5.81. The summed E-state index contributed by atoms with van der Waals surface area (Å²) in [6, 6.07) is 6.72. The van der Waals surface area contributed by atoms with Gasteiger partial charge >= 0.3 is 0 Å². The Morgan fingerprint density at radius 1 is 1.05 bits per heavy atom. The molecule has 0 bridgehead atoms. The molecule has 2 aromatic carbocycles. The zero-order chi connectivity index (χ0) is 14.0. The molecule has 0 aliphatic heterocycles. The molecule has 1 radical (unpaired) electrons. The van der Waals surface area contributed by atoms with Crippen molar-refractivity contribution >= 4 is 11.6 Å². The van der Waals surface area contributed by atoms with E-state index >= 15 is 0 Å². The van der Waals surface area contributed by atoms with Crippen molar-refractivity contribution in [3.05, 3.63) is 65.2 Å². The maximum atomic E-state index is 12.9. The van der Waals surface area contributed by atoms with Crippen molar-refractivity contribution in [3.63, 3.8) is 0 Å². The van der Waals surface area contributed by atoms with Gasteiger partial charge in [0.1, 0.15) is 5.82 Å². The van der Waals surface area contributed by atoms with Gasteiger partial charge in [0.2, 0.25) is 0 Å². The van der Waals surface area contributed by atoms with Crippen LogP contribution in [-0.2, 0) is 0 Å². The van der Waals surface area contributed by atoms with Gasteiger partial charge in [-0.05, 0) is 18.2 Å². The highest BCUT2D eigenvalue weighted by atomic mass is 19.2. The highest BCUT2D eigenvalue weighted by Gasteiger charge is 2.13. The molecular weight excluding hydrogens is 262 g/mol. The minimum absolute atomic E-state index is 0.0477. The first-order valence-corrected chi connectivity index (χ1v) is 5.10. The van der Waals surface area contributed by atoms with Gasteiger partial charge in [-0.25, -0.2) is 17.6 Å². The van der Waals surface area contributed by atoms with Crippen LogP contribution in [0.3, 0.4) is 0 Å². The smallest absolute Gasteiger partial charge is 0.255 e. The second kappa shape index (κ2) is 5.09. The summed E-state index contributed by atoms with van der Waals surface area (Å²) < 4.78 is 51.2. The van der Waals surface area contributed by atoms with E-state index in [1.54, 1.807) is 0 Å². The van der Waals surface area contributed by atoms with E-state index < -0.39 is 29.2 Å². The molecule has 0 unspecified atom stereocenters. The van der Waals surface area contributed by atoms with E-state index in [2.05, 4.69) is 11.4 Å². The van der Waals surface area contributed by atoms with Gasteiger partial charge in [0, 0.05) is 29.4 Å². The lowest BCUT2D eigenvalue weighted by atomic mass is 10.2. The van der Waals surface area contributed by atoms with E-state index in [9.17, 15) is 22.4 Å². The summed E-state index contributed by atoms with van der Waals surface area (Å²) in [6.07, 6.45) is 0. The maximum absolute atomic E-state index is 12.9. The Hall–Kier alpha value is -2.37. The zero-order valence-corrected chi connectivity index (χ0v) is 9.31. The first kappa shape index (κ1) is 13.1. The third kappa shape index (κ3) is 2.90. The van der Waals surface area contributed by atoms with Gasteiger partial charge in [-0.15, -0.1) is 0 Å². The fourth-order valence-electron chi connectivity index (χ4n) is 1.38. The van der Waals surface area contributed by atoms with Gasteiger partial charge in [0.05, 0.1) is 0 Å². The van der Waals surface area contributed by atoms with E-state index in [0.29, 0.717) is 12.1 Å². The minimum Gasteiger partial charge on any atom is -0.322 e. The van der Waals surface area contributed by atoms with Crippen LogP contribution in [0.15, 0.2) is 30.3 Å². The van der Waals surface area contributed by atoms with Gasteiger partial charge in [0.15, 0.2) is 17.5 Å². The lowest BCUT2D eigenvalue weighted by Gasteiger charge is -2.06. The fraction of sp³-hybridized carbons (Fsp3) is 0. The number of carbonyl (C=O) groups excluding carboxylic acids is 1. The van der Waals surface area contributed by atoms with Crippen molar-refractivity contribution in [2.75, 3.05) is 5.32 Å². The SMILES string of the molecule is O=C(Nc1cc(F)c(F)c(F)c1)c1c[c]c(F)cc1. The van der Waals surface area contributed by atoms with Crippen molar-refractivity contribution in [3.8, 4) is 0 Å². The number of nitrogens with one attached hydrogen (secondary N) is 1. The minimum atomic E-state index is -1.62. The van der Waals surface area contributed by atoms with Crippen LogP contribution in [0.5, 0.6) is 0 Å². The Bertz CT molecular complexity index is 602. The highest BCUT2D eigenvalue weighted by Crippen LogP contribution is 2.18. The number of rotatable bonds is 2. The predicted octanol–water partition coefficient (Wildman–Crippen LogP) is 3.30.